The Morgan fingerprint density at radius 1 is 1.44 bits per heavy atom. The van der Waals surface area contributed by atoms with Crippen molar-refractivity contribution in [3.05, 3.63) is 30.1 Å². The Morgan fingerprint density at radius 3 is 2.67 bits per heavy atom. The van der Waals surface area contributed by atoms with Crippen molar-refractivity contribution in [2.24, 2.45) is 11.3 Å². The number of carboxylic acids is 1. The van der Waals surface area contributed by atoms with Crippen molar-refractivity contribution in [3.63, 3.8) is 0 Å². The zero-order valence-electron chi connectivity index (χ0n) is 10.9. The van der Waals surface area contributed by atoms with Crippen LogP contribution in [0.15, 0.2) is 24.4 Å². The van der Waals surface area contributed by atoms with E-state index in [1.54, 1.807) is 6.20 Å². The Labute approximate surface area is 108 Å². The van der Waals surface area contributed by atoms with E-state index in [1.165, 1.54) is 6.42 Å². The molecule has 0 amide bonds. The molecular formula is C15H21NO2. The molecule has 3 heteroatoms. The molecule has 0 aliphatic heterocycles. The maximum atomic E-state index is 11.6. The molecule has 0 atom stereocenters. The molecule has 1 aliphatic rings. The van der Waals surface area contributed by atoms with Gasteiger partial charge >= 0.3 is 5.97 Å². The summed E-state index contributed by atoms with van der Waals surface area (Å²) in [5.74, 6) is 0.0592. The van der Waals surface area contributed by atoms with E-state index in [9.17, 15) is 9.90 Å². The summed E-state index contributed by atoms with van der Waals surface area (Å²) in [6, 6.07) is 5.72. The maximum Gasteiger partial charge on any atom is 0.310 e. The first-order valence-electron chi connectivity index (χ1n) is 6.79. The number of aliphatic carboxylic acids is 1. The first-order chi connectivity index (χ1) is 8.66. The van der Waals surface area contributed by atoms with Crippen LogP contribution in [0.5, 0.6) is 0 Å². The second kappa shape index (κ2) is 5.51. The second-order valence-electron chi connectivity index (χ2n) is 5.43. The molecule has 1 heterocycles. The van der Waals surface area contributed by atoms with E-state index in [4.69, 9.17) is 0 Å². The zero-order valence-corrected chi connectivity index (χ0v) is 10.9. The lowest BCUT2D eigenvalue weighted by Gasteiger charge is -2.36. The summed E-state index contributed by atoms with van der Waals surface area (Å²) in [5.41, 5.74) is 0.315. The van der Waals surface area contributed by atoms with Crippen molar-refractivity contribution in [2.75, 3.05) is 0 Å². The van der Waals surface area contributed by atoms with Crippen molar-refractivity contribution >= 4 is 5.97 Å². The van der Waals surface area contributed by atoms with E-state index in [0.29, 0.717) is 12.3 Å². The van der Waals surface area contributed by atoms with Crippen LogP contribution < -0.4 is 0 Å². The van der Waals surface area contributed by atoms with Gasteiger partial charge in [0.15, 0.2) is 0 Å². The predicted octanol–water partition coefficient (Wildman–Crippen LogP) is 3.30. The molecule has 0 bridgehead atoms. The van der Waals surface area contributed by atoms with Crippen molar-refractivity contribution in [2.45, 2.75) is 45.4 Å². The van der Waals surface area contributed by atoms with Gasteiger partial charge in [0.2, 0.25) is 0 Å². The van der Waals surface area contributed by atoms with Gasteiger partial charge in [0, 0.05) is 18.3 Å². The Morgan fingerprint density at radius 2 is 2.17 bits per heavy atom. The van der Waals surface area contributed by atoms with Gasteiger partial charge in [-0.1, -0.05) is 19.4 Å². The minimum Gasteiger partial charge on any atom is -0.481 e. The number of rotatable bonds is 4. The van der Waals surface area contributed by atoms with Gasteiger partial charge in [-0.3, -0.25) is 9.78 Å². The highest BCUT2D eigenvalue weighted by atomic mass is 16.4. The van der Waals surface area contributed by atoms with Gasteiger partial charge in [-0.2, -0.15) is 0 Å². The average molecular weight is 247 g/mol. The molecule has 1 saturated carbocycles. The fourth-order valence-electron chi connectivity index (χ4n) is 2.95. The summed E-state index contributed by atoms with van der Waals surface area (Å²) < 4.78 is 0. The van der Waals surface area contributed by atoms with E-state index in [1.807, 2.05) is 18.2 Å². The minimum atomic E-state index is -0.650. The summed E-state index contributed by atoms with van der Waals surface area (Å²) >= 11 is 0. The van der Waals surface area contributed by atoms with Crippen LogP contribution in [-0.2, 0) is 11.2 Å². The third-order valence-corrected chi connectivity index (χ3v) is 4.34. The molecular weight excluding hydrogens is 226 g/mol. The molecule has 3 nitrogen and oxygen atoms in total. The summed E-state index contributed by atoms with van der Waals surface area (Å²) in [5, 5.41) is 9.58. The van der Waals surface area contributed by atoms with Crippen LogP contribution in [-0.4, -0.2) is 16.1 Å². The monoisotopic (exact) mass is 247 g/mol. The van der Waals surface area contributed by atoms with Crippen LogP contribution in [0.3, 0.4) is 0 Å². The van der Waals surface area contributed by atoms with Crippen LogP contribution in [0.25, 0.3) is 0 Å². The van der Waals surface area contributed by atoms with Gasteiger partial charge in [0.05, 0.1) is 5.41 Å². The molecule has 0 unspecified atom stereocenters. The SMILES string of the molecule is CCC1CCC(Cc2ccccn2)(C(=O)O)CC1. The van der Waals surface area contributed by atoms with Gasteiger partial charge in [-0.05, 0) is 43.7 Å². The molecule has 1 aromatic rings. The lowest BCUT2D eigenvalue weighted by Crippen LogP contribution is -2.37. The molecule has 0 aromatic carbocycles. The number of carbonyl (C=O) groups is 1. The molecule has 0 saturated heterocycles. The lowest BCUT2D eigenvalue weighted by atomic mass is 9.67. The lowest BCUT2D eigenvalue weighted by molar-refractivity contribution is -0.151. The highest BCUT2D eigenvalue weighted by Gasteiger charge is 2.41. The van der Waals surface area contributed by atoms with Crippen molar-refractivity contribution in [3.8, 4) is 0 Å². The van der Waals surface area contributed by atoms with Gasteiger partial charge in [0.1, 0.15) is 0 Å². The normalized spacial score (nSPS) is 27.9. The third-order valence-electron chi connectivity index (χ3n) is 4.34. The van der Waals surface area contributed by atoms with Crippen molar-refractivity contribution in [1.29, 1.82) is 0 Å². The minimum absolute atomic E-state index is 0.569. The number of carboxylic acid groups (broad SMARTS) is 1. The Bertz CT molecular complexity index is 394. The predicted molar refractivity (Wildman–Crippen MR) is 70.3 cm³/mol. The number of aromatic nitrogens is 1. The average Bonchev–Trinajstić information content (AvgIpc) is 2.40. The van der Waals surface area contributed by atoms with Crippen LogP contribution in [0.2, 0.25) is 0 Å². The van der Waals surface area contributed by atoms with Gasteiger partial charge in [-0.25, -0.2) is 0 Å². The van der Waals surface area contributed by atoms with E-state index < -0.39 is 11.4 Å². The molecule has 2 rings (SSSR count). The number of hydrogen-bond donors (Lipinski definition) is 1. The fourth-order valence-corrected chi connectivity index (χ4v) is 2.95. The largest absolute Gasteiger partial charge is 0.481 e. The maximum absolute atomic E-state index is 11.6. The fraction of sp³-hybridized carbons (Fsp3) is 0.600. The topological polar surface area (TPSA) is 50.2 Å². The quantitative estimate of drug-likeness (QED) is 0.888. The van der Waals surface area contributed by atoms with Crippen molar-refractivity contribution < 1.29 is 9.90 Å². The molecule has 1 aliphatic carbocycles. The Hall–Kier alpha value is -1.38. The highest BCUT2D eigenvalue weighted by molar-refractivity contribution is 5.75. The molecule has 1 aromatic heterocycles. The number of pyridine rings is 1. The van der Waals surface area contributed by atoms with Crippen LogP contribution >= 0.6 is 0 Å². The number of hydrogen-bond acceptors (Lipinski definition) is 2. The summed E-state index contributed by atoms with van der Waals surface area (Å²) in [4.78, 5) is 15.9. The van der Waals surface area contributed by atoms with Crippen LogP contribution in [0.4, 0.5) is 0 Å². The summed E-state index contributed by atoms with van der Waals surface area (Å²) in [6.07, 6.45) is 7.13. The highest BCUT2D eigenvalue weighted by Crippen LogP contribution is 2.42. The second-order valence-corrected chi connectivity index (χ2v) is 5.43. The molecule has 0 radical (unpaired) electrons. The molecule has 1 fully saturated rings. The molecule has 0 spiro atoms. The van der Waals surface area contributed by atoms with E-state index in [-0.39, 0.29) is 0 Å². The van der Waals surface area contributed by atoms with Crippen molar-refractivity contribution in [1.82, 2.24) is 4.98 Å². The third kappa shape index (κ3) is 2.71. The molecule has 1 N–H and O–H groups in total. The van der Waals surface area contributed by atoms with Gasteiger partial charge in [0.25, 0.3) is 0 Å². The first kappa shape index (κ1) is 13.1. The molecule has 18 heavy (non-hydrogen) atoms. The first-order valence-corrected chi connectivity index (χ1v) is 6.79. The standard InChI is InChI=1S/C15H21NO2/c1-2-12-6-8-15(9-7-12,14(17)18)11-13-5-3-4-10-16-13/h3-5,10,12H,2,6-9,11H2,1H3,(H,17,18). The zero-order chi connectivity index (χ0) is 13.0. The smallest absolute Gasteiger partial charge is 0.310 e. The van der Waals surface area contributed by atoms with E-state index in [0.717, 1.165) is 31.4 Å². The van der Waals surface area contributed by atoms with E-state index in [2.05, 4.69) is 11.9 Å². The molecule has 98 valence electrons. The summed E-state index contributed by atoms with van der Waals surface area (Å²) in [6.45, 7) is 2.19. The van der Waals surface area contributed by atoms with Crippen LogP contribution in [0.1, 0.15) is 44.7 Å². The number of nitrogens with zero attached hydrogens (tertiary/aromatic N) is 1. The Balaban J connectivity index is 2.12. The summed E-state index contributed by atoms with van der Waals surface area (Å²) in [7, 11) is 0. The van der Waals surface area contributed by atoms with Gasteiger partial charge < -0.3 is 5.11 Å². The van der Waals surface area contributed by atoms with Gasteiger partial charge in [-0.15, -0.1) is 0 Å². The van der Waals surface area contributed by atoms with Crippen LogP contribution in [0, 0.1) is 11.3 Å². The Kier molecular flexibility index (Phi) is 4.00. The van der Waals surface area contributed by atoms with E-state index >= 15 is 0 Å².